The van der Waals surface area contributed by atoms with Crippen LogP contribution in [0.15, 0.2) is 83.4 Å². The van der Waals surface area contributed by atoms with Gasteiger partial charge in [-0.2, -0.15) is 0 Å². The van der Waals surface area contributed by atoms with Crippen LogP contribution in [0.3, 0.4) is 0 Å². The van der Waals surface area contributed by atoms with E-state index in [0.29, 0.717) is 10.1 Å². The highest BCUT2D eigenvalue weighted by atomic mass is 35.5. The molecule has 1 fully saturated rings. The third-order valence-electron chi connectivity index (χ3n) is 5.96. The van der Waals surface area contributed by atoms with E-state index in [1.54, 1.807) is 6.20 Å². The average molecular weight is 504 g/mol. The number of hydrogen-bond donors (Lipinski definition) is 1. The second-order valence-corrected chi connectivity index (χ2v) is 9.62. The highest BCUT2D eigenvalue weighted by molar-refractivity contribution is 7.80. The summed E-state index contributed by atoms with van der Waals surface area (Å²) in [6, 6.07) is 23.3. The molecule has 1 aliphatic heterocycles. The monoisotopic (exact) mass is 503 g/mol. The Morgan fingerprint density at radius 2 is 1.86 bits per heavy atom. The summed E-state index contributed by atoms with van der Waals surface area (Å²) < 4.78 is 12.2. The van der Waals surface area contributed by atoms with Crippen molar-refractivity contribution in [2.45, 2.75) is 39.0 Å². The number of halogens is 1. The summed E-state index contributed by atoms with van der Waals surface area (Å²) in [5.74, 6) is 2.35. The number of aromatic nitrogens is 1. The van der Waals surface area contributed by atoms with Crippen molar-refractivity contribution in [1.82, 2.24) is 10.3 Å². The standard InChI is InChI=1S/C28H26ClN3O2S/c1-17(2)33-21-11-9-20(10-12-21)32-27(26(31-28(32)35)23-6-4-5-15-30-23)25-14-13-24(34-25)19-8-7-18(3)22(29)16-19/h4-17,26-27H,1-3H3,(H,31,35). The summed E-state index contributed by atoms with van der Waals surface area (Å²) in [5.41, 5.74) is 3.78. The summed E-state index contributed by atoms with van der Waals surface area (Å²) in [4.78, 5) is 6.69. The highest BCUT2D eigenvalue weighted by Gasteiger charge is 2.42. The maximum absolute atomic E-state index is 6.42. The number of thiocarbonyl (C=S) groups is 1. The van der Waals surface area contributed by atoms with E-state index < -0.39 is 0 Å². The molecule has 1 saturated heterocycles. The first-order chi connectivity index (χ1) is 16.9. The predicted molar refractivity (Wildman–Crippen MR) is 144 cm³/mol. The van der Waals surface area contributed by atoms with E-state index in [2.05, 4.69) is 15.2 Å². The smallest absolute Gasteiger partial charge is 0.174 e. The molecule has 2 atom stereocenters. The van der Waals surface area contributed by atoms with E-state index in [9.17, 15) is 0 Å². The first kappa shape index (κ1) is 23.4. The molecule has 5 rings (SSSR count). The molecule has 2 aromatic heterocycles. The Morgan fingerprint density at radius 1 is 1.06 bits per heavy atom. The largest absolute Gasteiger partial charge is 0.491 e. The molecule has 3 heterocycles. The number of nitrogens with zero attached hydrogens (tertiary/aromatic N) is 2. The Kier molecular flexibility index (Phi) is 6.50. The lowest BCUT2D eigenvalue weighted by Crippen LogP contribution is -2.29. The number of rotatable bonds is 6. The number of nitrogens with one attached hydrogen (secondary N) is 1. The topological polar surface area (TPSA) is 50.5 Å². The van der Waals surface area contributed by atoms with Crippen molar-refractivity contribution in [1.29, 1.82) is 0 Å². The van der Waals surface area contributed by atoms with Crippen molar-refractivity contribution >= 4 is 34.6 Å². The maximum Gasteiger partial charge on any atom is 0.174 e. The molecule has 2 unspecified atom stereocenters. The molecule has 178 valence electrons. The Bertz CT molecular complexity index is 1340. The van der Waals surface area contributed by atoms with Gasteiger partial charge in [0.1, 0.15) is 23.3 Å². The van der Waals surface area contributed by atoms with Crippen LogP contribution in [0.4, 0.5) is 5.69 Å². The maximum atomic E-state index is 6.42. The van der Waals surface area contributed by atoms with Crippen LogP contribution < -0.4 is 15.0 Å². The van der Waals surface area contributed by atoms with Crippen LogP contribution in [0.5, 0.6) is 5.75 Å². The lowest BCUT2D eigenvalue weighted by atomic mass is 10.0. The van der Waals surface area contributed by atoms with Crippen LogP contribution in [0.2, 0.25) is 5.02 Å². The summed E-state index contributed by atoms with van der Waals surface area (Å²) >= 11 is 12.2. The quantitative estimate of drug-likeness (QED) is 0.279. The minimum absolute atomic E-state index is 0.105. The molecule has 4 aromatic rings. The van der Waals surface area contributed by atoms with Crippen LogP contribution in [0, 0.1) is 6.92 Å². The van der Waals surface area contributed by atoms with Gasteiger partial charge in [-0.3, -0.25) is 4.98 Å². The first-order valence-electron chi connectivity index (χ1n) is 11.5. The lowest BCUT2D eigenvalue weighted by Gasteiger charge is -2.26. The highest BCUT2D eigenvalue weighted by Crippen LogP contribution is 2.43. The van der Waals surface area contributed by atoms with Gasteiger partial charge in [-0.1, -0.05) is 29.8 Å². The zero-order valence-corrected chi connectivity index (χ0v) is 21.3. The molecule has 5 nitrogen and oxygen atoms in total. The van der Waals surface area contributed by atoms with Crippen molar-refractivity contribution in [2.75, 3.05) is 4.90 Å². The second-order valence-electron chi connectivity index (χ2n) is 8.82. The van der Waals surface area contributed by atoms with E-state index >= 15 is 0 Å². The van der Waals surface area contributed by atoms with Crippen LogP contribution in [0.25, 0.3) is 11.3 Å². The zero-order chi connectivity index (χ0) is 24.5. The SMILES string of the molecule is Cc1ccc(-c2ccc(C3C(c4ccccn4)NC(=S)N3c3ccc(OC(C)C)cc3)o2)cc1Cl. The van der Waals surface area contributed by atoms with Crippen LogP contribution in [-0.4, -0.2) is 16.2 Å². The average Bonchev–Trinajstić information content (AvgIpc) is 3.46. The van der Waals surface area contributed by atoms with Gasteiger partial charge in [0.15, 0.2) is 5.11 Å². The molecule has 2 aromatic carbocycles. The fourth-order valence-corrected chi connectivity index (χ4v) is 4.82. The molecule has 0 bridgehead atoms. The third kappa shape index (κ3) is 4.77. The van der Waals surface area contributed by atoms with E-state index in [4.69, 9.17) is 33.0 Å². The third-order valence-corrected chi connectivity index (χ3v) is 6.68. The minimum Gasteiger partial charge on any atom is -0.491 e. The van der Waals surface area contributed by atoms with Gasteiger partial charge in [-0.05, 0) is 93.1 Å². The van der Waals surface area contributed by atoms with E-state index in [-0.39, 0.29) is 18.2 Å². The number of hydrogen-bond acceptors (Lipinski definition) is 4. The number of furan rings is 1. The molecule has 0 saturated carbocycles. The van der Waals surface area contributed by atoms with Crippen molar-refractivity contribution in [3.63, 3.8) is 0 Å². The first-order valence-corrected chi connectivity index (χ1v) is 12.3. The molecule has 7 heteroatoms. The van der Waals surface area contributed by atoms with Crippen LogP contribution in [-0.2, 0) is 0 Å². The Balaban J connectivity index is 1.55. The predicted octanol–water partition coefficient (Wildman–Crippen LogP) is 7.27. The minimum atomic E-state index is -0.232. The van der Waals surface area contributed by atoms with Gasteiger partial charge < -0.3 is 19.4 Å². The number of aryl methyl sites for hydroxylation is 1. The molecule has 0 radical (unpaired) electrons. The number of benzene rings is 2. The van der Waals surface area contributed by atoms with Gasteiger partial charge in [-0.25, -0.2) is 0 Å². The van der Waals surface area contributed by atoms with Crippen molar-refractivity contribution in [3.8, 4) is 17.1 Å². The zero-order valence-electron chi connectivity index (χ0n) is 19.7. The van der Waals surface area contributed by atoms with Gasteiger partial charge in [0.25, 0.3) is 0 Å². The molecule has 1 aliphatic rings. The molecule has 1 N–H and O–H groups in total. The van der Waals surface area contributed by atoms with Gasteiger partial charge in [-0.15, -0.1) is 0 Å². The molecule has 0 amide bonds. The molecule has 0 spiro atoms. The molecular formula is C28H26ClN3O2S. The Hall–Kier alpha value is -3.35. The number of ether oxygens (including phenoxy) is 1. The van der Waals surface area contributed by atoms with Gasteiger partial charge >= 0.3 is 0 Å². The Morgan fingerprint density at radius 3 is 2.54 bits per heavy atom. The fourth-order valence-electron chi connectivity index (χ4n) is 4.29. The summed E-state index contributed by atoms with van der Waals surface area (Å²) in [5, 5.41) is 4.78. The normalized spacial score (nSPS) is 17.6. The Labute approximate surface area is 215 Å². The van der Waals surface area contributed by atoms with Crippen molar-refractivity contribution < 1.29 is 9.15 Å². The lowest BCUT2D eigenvalue weighted by molar-refractivity contribution is 0.242. The molecular weight excluding hydrogens is 478 g/mol. The van der Waals surface area contributed by atoms with Gasteiger partial charge in [0, 0.05) is 22.5 Å². The summed E-state index contributed by atoms with van der Waals surface area (Å²) in [6.45, 7) is 6.00. The second kappa shape index (κ2) is 9.72. The van der Waals surface area contributed by atoms with Crippen molar-refractivity contribution in [2.24, 2.45) is 0 Å². The van der Waals surface area contributed by atoms with E-state index in [0.717, 1.165) is 39.8 Å². The van der Waals surface area contributed by atoms with Crippen LogP contribution >= 0.6 is 23.8 Å². The van der Waals surface area contributed by atoms with Gasteiger partial charge in [0.05, 0.1) is 17.8 Å². The van der Waals surface area contributed by atoms with Gasteiger partial charge in [0.2, 0.25) is 0 Å². The number of anilines is 1. The molecule has 35 heavy (non-hydrogen) atoms. The van der Waals surface area contributed by atoms with E-state index in [1.165, 1.54) is 0 Å². The fraction of sp³-hybridized carbons (Fsp3) is 0.214. The molecule has 0 aliphatic carbocycles. The van der Waals surface area contributed by atoms with E-state index in [1.807, 2.05) is 93.6 Å². The van der Waals surface area contributed by atoms with Crippen molar-refractivity contribution in [3.05, 3.63) is 101 Å². The summed E-state index contributed by atoms with van der Waals surface area (Å²) in [6.07, 6.45) is 1.90. The van der Waals surface area contributed by atoms with Crippen LogP contribution in [0.1, 0.15) is 42.9 Å². The summed E-state index contributed by atoms with van der Waals surface area (Å²) in [7, 11) is 0. The number of pyridine rings is 1.